The molecule has 6 heteroatoms. The number of rotatable bonds is 4. The van der Waals surface area contributed by atoms with Crippen LogP contribution in [-0.4, -0.2) is 31.1 Å². The van der Waals surface area contributed by atoms with Gasteiger partial charge in [0, 0.05) is 22.2 Å². The second-order valence-electron chi connectivity index (χ2n) is 5.51. The predicted octanol–water partition coefficient (Wildman–Crippen LogP) is 4.36. The molecule has 0 unspecified atom stereocenters. The third kappa shape index (κ3) is 3.11. The summed E-state index contributed by atoms with van der Waals surface area (Å²) in [6, 6.07) is 4.01. The molecule has 0 saturated heterocycles. The zero-order chi connectivity index (χ0) is 15.0. The molecule has 1 aliphatic rings. The smallest absolute Gasteiger partial charge is 0.383 e. The maximum absolute atomic E-state index is 13.0. The number of alkyl halides is 3. The molecule has 1 fully saturated rings. The van der Waals surface area contributed by atoms with Crippen molar-refractivity contribution in [2.45, 2.75) is 31.0 Å². The molecule has 1 saturated carbocycles. The van der Waals surface area contributed by atoms with Crippen molar-refractivity contribution in [2.75, 3.05) is 26.0 Å². The van der Waals surface area contributed by atoms with Crippen molar-refractivity contribution in [3.63, 3.8) is 0 Å². The van der Waals surface area contributed by atoms with E-state index in [1.54, 1.807) is 0 Å². The normalized spacial score (nSPS) is 17.9. The first kappa shape index (κ1) is 15.6. The monoisotopic (exact) mass is 350 g/mol. The first-order chi connectivity index (χ1) is 9.24. The Morgan fingerprint density at radius 2 is 1.95 bits per heavy atom. The number of hydrogen-bond donors (Lipinski definition) is 1. The molecule has 20 heavy (non-hydrogen) atoms. The van der Waals surface area contributed by atoms with Gasteiger partial charge in [-0.25, -0.2) is 0 Å². The molecular weight excluding hydrogens is 333 g/mol. The van der Waals surface area contributed by atoms with Crippen molar-refractivity contribution < 1.29 is 13.2 Å². The number of nitrogens with zero attached hydrogens (tertiary/aromatic N) is 1. The Morgan fingerprint density at radius 3 is 2.40 bits per heavy atom. The van der Waals surface area contributed by atoms with Crippen LogP contribution in [0.2, 0.25) is 0 Å². The second-order valence-corrected chi connectivity index (χ2v) is 6.43. The lowest BCUT2D eigenvalue weighted by Gasteiger charge is -2.47. The number of likely N-dealkylation sites (N-methyl/N-ethyl adjacent to an activating group) is 1. The predicted molar refractivity (Wildman–Crippen MR) is 77.9 cm³/mol. The van der Waals surface area contributed by atoms with Gasteiger partial charge < -0.3 is 10.2 Å². The van der Waals surface area contributed by atoms with E-state index in [2.05, 4.69) is 26.1 Å². The first-order valence-electron chi connectivity index (χ1n) is 6.53. The number of nitrogens with one attached hydrogen (secondary N) is 1. The standard InChI is InChI=1S/C14H18BrF3N2/c1-20(2)13(6-3-7-13)9-19-12-8-10(15)4-5-11(12)14(16,17)18/h4-5,8,19H,3,6-7,9H2,1-2H3. The van der Waals surface area contributed by atoms with Crippen LogP contribution in [0.1, 0.15) is 24.8 Å². The molecule has 1 aliphatic carbocycles. The van der Waals surface area contributed by atoms with Gasteiger partial charge in [0.05, 0.1) is 5.56 Å². The van der Waals surface area contributed by atoms with Crippen LogP contribution in [0, 0.1) is 0 Å². The van der Waals surface area contributed by atoms with Gasteiger partial charge >= 0.3 is 6.18 Å². The fourth-order valence-corrected chi connectivity index (χ4v) is 2.90. The molecule has 112 valence electrons. The molecule has 0 bridgehead atoms. The summed E-state index contributed by atoms with van der Waals surface area (Å²) in [5.74, 6) is 0. The van der Waals surface area contributed by atoms with Crippen LogP contribution in [0.15, 0.2) is 22.7 Å². The highest BCUT2D eigenvalue weighted by Gasteiger charge is 2.40. The SMILES string of the molecule is CN(C)C1(CNc2cc(Br)ccc2C(F)(F)F)CCC1. The number of anilines is 1. The molecule has 0 amide bonds. The topological polar surface area (TPSA) is 15.3 Å². The fourth-order valence-electron chi connectivity index (χ4n) is 2.54. The van der Waals surface area contributed by atoms with Gasteiger partial charge in [-0.1, -0.05) is 15.9 Å². The van der Waals surface area contributed by atoms with E-state index >= 15 is 0 Å². The van der Waals surface area contributed by atoms with Crippen molar-refractivity contribution >= 4 is 21.6 Å². The van der Waals surface area contributed by atoms with E-state index in [0.29, 0.717) is 11.0 Å². The quantitative estimate of drug-likeness (QED) is 0.867. The summed E-state index contributed by atoms with van der Waals surface area (Å²) in [5.41, 5.74) is -0.500. The van der Waals surface area contributed by atoms with E-state index in [-0.39, 0.29) is 11.2 Å². The van der Waals surface area contributed by atoms with Gasteiger partial charge in [-0.3, -0.25) is 0 Å². The summed E-state index contributed by atoms with van der Waals surface area (Å²) in [4.78, 5) is 2.11. The second kappa shape index (κ2) is 5.56. The molecule has 1 N–H and O–H groups in total. The summed E-state index contributed by atoms with van der Waals surface area (Å²) >= 11 is 3.23. The van der Waals surface area contributed by atoms with E-state index in [1.165, 1.54) is 12.1 Å². The van der Waals surface area contributed by atoms with Gasteiger partial charge in [0.15, 0.2) is 0 Å². The lowest BCUT2D eigenvalue weighted by atomic mass is 9.75. The van der Waals surface area contributed by atoms with E-state index in [9.17, 15) is 13.2 Å². The molecule has 0 heterocycles. The van der Waals surface area contributed by atoms with E-state index < -0.39 is 11.7 Å². The minimum Gasteiger partial charge on any atom is -0.383 e. The van der Waals surface area contributed by atoms with Crippen LogP contribution in [0.5, 0.6) is 0 Å². The summed E-state index contributed by atoms with van der Waals surface area (Å²) in [6.45, 7) is 0.527. The molecule has 2 rings (SSSR count). The lowest BCUT2D eigenvalue weighted by Crippen LogP contribution is -2.54. The van der Waals surface area contributed by atoms with Gasteiger partial charge in [0.1, 0.15) is 0 Å². The third-order valence-electron chi connectivity index (χ3n) is 4.13. The van der Waals surface area contributed by atoms with Crippen LogP contribution in [0.25, 0.3) is 0 Å². The van der Waals surface area contributed by atoms with Crippen molar-refractivity contribution in [2.24, 2.45) is 0 Å². The Balaban J connectivity index is 2.19. The minimum absolute atomic E-state index is 0.0226. The summed E-state index contributed by atoms with van der Waals surface area (Å²) < 4.78 is 39.6. The lowest BCUT2D eigenvalue weighted by molar-refractivity contribution is -0.137. The van der Waals surface area contributed by atoms with Gasteiger partial charge in [-0.2, -0.15) is 13.2 Å². The summed E-state index contributed by atoms with van der Waals surface area (Å²) in [6.07, 6.45) is -1.18. The van der Waals surface area contributed by atoms with Crippen LogP contribution in [-0.2, 0) is 6.18 Å². The van der Waals surface area contributed by atoms with Crippen LogP contribution < -0.4 is 5.32 Å². The Kier molecular flexibility index (Phi) is 4.35. The maximum atomic E-state index is 13.0. The zero-order valence-corrected chi connectivity index (χ0v) is 13.1. The molecule has 1 aromatic rings. The van der Waals surface area contributed by atoms with Gasteiger partial charge in [-0.15, -0.1) is 0 Å². The summed E-state index contributed by atoms with van der Waals surface area (Å²) in [5, 5.41) is 2.99. The van der Waals surface area contributed by atoms with E-state index in [0.717, 1.165) is 25.3 Å². The molecule has 2 nitrogen and oxygen atoms in total. The highest BCUT2D eigenvalue weighted by atomic mass is 79.9. The van der Waals surface area contributed by atoms with Crippen LogP contribution >= 0.6 is 15.9 Å². The average molecular weight is 351 g/mol. The van der Waals surface area contributed by atoms with Gasteiger partial charge in [0.2, 0.25) is 0 Å². The van der Waals surface area contributed by atoms with Crippen molar-refractivity contribution in [3.8, 4) is 0 Å². The minimum atomic E-state index is -4.34. The molecule has 0 radical (unpaired) electrons. The first-order valence-corrected chi connectivity index (χ1v) is 7.32. The van der Waals surface area contributed by atoms with E-state index in [4.69, 9.17) is 0 Å². The van der Waals surface area contributed by atoms with Crippen LogP contribution in [0.3, 0.4) is 0 Å². The molecule has 0 atom stereocenters. The zero-order valence-electron chi connectivity index (χ0n) is 11.5. The number of hydrogen-bond acceptors (Lipinski definition) is 2. The molecule has 1 aromatic carbocycles. The van der Waals surface area contributed by atoms with Gasteiger partial charge in [0.25, 0.3) is 0 Å². The molecule has 0 aliphatic heterocycles. The van der Waals surface area contributed by atoms with Crippen LogP contribution in [0.4, 0.5) is 18.9 Å². The molecular formula is C14H18BrF3N2. The Labute approximate surface area is 125 Å². The third-order valence-corrected chi connectivity index (χ3v) is 4.62. The Bertz CT molecular complexity index is 482. The number of benzene rings is 1. The largest absolute Gasteiger partial charge is 0.418 e. The highest BCUT2D eigenvalue weighted by molar-refractivity contribution is 9.10. The van der Waals surface area contributed by atoms with E-state index in [1.807, 2.05) is 14.1 Å². The van der Waals surface area contributed by atoms with Crippen molar-refractivity contribution in [1.29, 1.82) is 0 Å². The summed E-state index contributed by atoms with van der Waals surface area (Å²) in [7, 11) is 3.96. The van der Waals surface area contributed by atoms with Gasteiger partial charge in [-0.05, 0) is 51.6 Å². The number of halogens is 4. The Hall–Kier alpha value is -0.750. The molecule has 0 spiro atoms. The average Bonchev–Trinajstić information content (AvgIpc) is 2.25. The van der Waals surface area contributed by atoms with Crippen molar-refractivity contribution in [3.05, 3.63) is 28.2 Å². The highest BCUT2D eigenvalue weighted by Crippen LogP contribution is 2.39. The Morgan fingerprint density at radius 1 is 1.30 bits per heavy atom. The van der Waals surface area contributed by atoms with Crippen molar-refractivity contribution in [1.82, 2.24) is 4.90 Å². The maximum Gasteiger partial charge on any atom is 0.418 e. The molecule has 0 aromatic heterocycles. The fraction of sp³-hybridized carbons (Fsp3) is 0.571.